The minimum atomic E-state index is -5.30. The van der Waals surface area contributed by atoms with Crippen molar-refractivity contribution in [2.45, 2.75) is 24.4 Å². The number of carbonyl (C=O) groups is 1. The van der Waals surface area contributed by atoms with Crippen molar-refractivity contribution in [1.29, 1.82) is 0 Å². The quantitative estimate of drug-likeness (QED) is 0.182. The third-order valence-electron chi connectivity index (χ3n) is 1.64. The summed E-state index contributed by atoms with van der Waals surface area (Å²) < 4.78 is 13.6. The molecule has 0 radical (unpaired) electrons. The second-order valence-electron chi connectivity index (χ2n) is 2.92. The van der Waals surface area contributed by atoms with E-state index in [4.69, 9.17) is 20.4 Å². The number of carbonyl (C=O) groups excluding carboxylic acids is 1. The SMILES string of the molecule is O.O.O.O=C[C@H](O)[C@@H](O)[C@H](O)[C@H](O)COP(=O)([O-])[O-].[K+].[K+]. The van der Waals surface area contributed by atoms with Crippen molar-refractivity contribution < 1.29 is 163 Å². The van der Waals surface area contributed by atoms with Gasteiger partial charge in [0, 0.05) is 0 Å². The molecule has 10 N–H and O–H groups in total. The molecule has 120 valence electrons. The van der Waals surface area contributed by atoms with Gasteiger partial charge in [-0.2, -0.15) is 0 Å². The average Bonchev–Trinajstić information content (AvgIpc) is 2.21. The molecule has 0 aromatic carbocycles. The first-order valence-corrected chi connectivity index (χ1v) is 5.49. The summed E-state index contributed by atoms with van der Waals surface area (Å²) in [4.78, 5) is 30.0. The Bertz CT molecular complexity index is 274. The van der Waals surface area contributed by atoms with Crippen molar-refractivity contribution in [1.82, 2.24) is 0 Å². The van der Waals surface area contributed by atoms with Crippen LogP contribution in [0.1, 0.15) is 0 Å². The van der Waals surface area contributed by atoms with Gasteiger partial charge in [-0.05, 0) is 0 Å². The van der Waals surface area contributed by atoms with E-state index in [0.717, 1.165) is 0 Å². The number of hydrogen-bond donors (Lipinski definition) is 4. The van der Waals surface area contributed by atoms with Crippen molar-refractivity contribution in [3.05, 3.63) is 0 Å². The fourth-order valence-electron chi connectivity index (χ4n) is 0.776. The van der Waals surface area contributed by atoms with E-state index in [0.29, 0.717) is 0 Å². The molecule has 0 aliphatic rings. The molecule has 0 saturated carbocycles. The Hall–Kier alpha value is 2.77. The van der Waals surface area contributed by atoms with Crippen molar-refractivity contribution >= 4 is 14.1 Å². The van der Waals surface area contributed by atoms with Crippen LogP contribution in [0.3, 0.4) is 0 Å². The standard InChI is InChI=1S/C6H13O9P.2K.3H2O/c7-1-3(8)5(10)6(11)4(9)2-15-16(12,13)14;;;;;/h1,3-6,8-11H,2H2,(H2,12,13,14);;;3*1H2/q;2*+1;;;/p-2/t3-,4+,5+,6+;;;;;/m0...../s1. The Morgan fingerprint density at radius 1 is 1.00 bits per heavy atom. The average molecular weight is 390 g/mol. The molecule has 0 spiro atoms. The normalized spacial score (nSPS) is 15.1. The Morgan fingerprint density at radius 3 is 1.67 bits per heavy atom. The molecule has 12 nitrogen and oxygen atoms in total. The van der Waals surface area contributed by atoms with Gasteiger partial charge in [0.2, 0.25) is 0 Å². The van der Waals surface area contributed by atoms with Gasteiger partial charge in [0.1, 0.15) is 24.4 Å². The number of aldehydes is 1. The third kappa shape index (κ3) is 18.9. The summed E-state index contributed by atoms with van der Waals surface area (Å²) in [5.41, 5.74) is 0. The Morgan fingerprint density at radius 2 is 1.38 bits per heavy atom. The van der Waals surface area contributed by atoms with E-state index in [9.17, 15) is 19.1 Å². The predicted octanol–water partition coefficient (Wildman–Crippen LogP) is -13.0. The van der Waals surface area contributed by atoms with Crippen LogP contribution >= 0.6 is 7.82 Å². The third-order valence-corrected chi connectivity index (χ3v) is 2.10. The van der Waals surface area contributed by atoms with Gasteiger partial charge in [-0.1, -0.05) is 0 Å². The summed E-state index contributed by atoms with van der Waals surface area (Å²) in [7, 11) is -5.30. The maximum Gasteiger partial charge on any atom is 1.00 e. The van der Waals surface area contributed by atoms with Gasteiger partial charge in [-0.3, -0.25) is 0 Å². The molecular weight excluding hydrogens is 373 g/mol. The van der Waals surface area contributed by atoms with E-state index in [1.165, 1.54) is 0 Å². The van der Waals surface area contributed by atoms with Crippen LogP contribution in [0.2, 0.25) is 0 Å². The molecule has 0 aliphatic carbocycles. The topological polar surface area (TPSA) is 265 Å². The second kappa shape index (κ2) is 19.1. The fraction of sp³-hybridized carbons (Fsp3) is 0.833. The summed E-state index contributed by atoms with van der Waals surface area (Å²) in [6.07, 6.45) is -8.04. The molecule has 0 amide bonds. The predicted molar refractivity (Wildman–Crippen MR) is 54.5 cm³/mol. The zero-order chi connectivity index (χ0) is 12.9. The molecule has 15 heteroatoms. The van der Waals surface area contributed by atoms with Crippen LogP contribution in [0.25, 0.3) is 0 Å². The van der Waals surface area contributed by atoms with Crippen molar-refractivity contribution in [3.63, 3.8) is 0 Å². The van der Waals surface area contributed by atoms with Crippen molar-refractivity contribution in [3.8, 4) is 0 Å². The molecule has 21 heavy (non-hydrogen) atoms. The van der Waals surface area contributed by atoms with Crippen molar-refractivity contribution in [2.24, 2.45) is 0 Å². The Kier molecular flexibility index (Phi) is 35.5. The fourth-order valence-corrected chi connectivity index (χ4v) is 1.11. The molecule has 0 aromatic rings. The van der Waals surface area contributed by atoms with Gasteiger partial charge in [0.25, 0.3) is 0 Å². The van der Waals surface area contributed by atoms with E-state index in [1.54, 1.807) is 0 Å². The molecule has 4 atom stereocenters. The second-order valence-corrected chi connectivity index (χ2v) is 4.07. The van der Waals surface area contributed by atoms with Gasteiger partial charge in [0.05, 0.1) is 14.4 Å². The number of phosphoric ester groups is 1. The molecule has 0 unspecified atom stereocenters. The van der Waals surface area contributed by atoms with Gasteiger partial charge >= 0.3 is 103 Å². The number of aliphatic hydroxyl groups is 4. The molecule has 0 aliphatic heterocycles. The van der Waals surface area contributed by atoms with E-state index >= 15 is 0 Å². The smallest absolute Gasteiger partial charge is 0.790 e. The van der Waals surface area contributed by atoms with Crippen LogP contribution < -0.4 is 113 Å². The first-order chi connectivity index (χ1) is 7.19. The molecule has 0 aromatic heterocycles. The van der Waals surface area contributed by atoms with E-state index < -0.39 is 38.8 Å². The summed E-state index contributed by atoms with van der Waals surface area (Å²) in [5.74, 6) is 0. The number of rotatable bonds is 7. The summed E-state index contributed by atoms with van der Waals surface area (Å²) in [6, 6.07) is 0. The van der Waals surface area contributed by atoms with Gasteiger partial charge in [0.15, 0.2) is 6.29 Å². The molecule has 0 fully saturated rings. The van der Waals surface area contributed by atoms with Gasteiger partial charge in [-0.25, -0.2) is 0 Å². The van der Waals surface area contributed by atoms with Crippen LogP contribution in [-0.2, 0) is 13.9 Å². The maximum atomic E-state index is 10.0. The molecular formula is C6H17K2O12P. The van der Waals surface area contributed by atoms with Crippen LogP contribution in [0.5, 0.6) is 0 Å². The maximum absolute atomic E-state index is 10.0. The summed E-state index contributed by atoms with van der Waals surface area (Å²) in [6.45, 7) is -1.09. The first kappa shape index (κ1) is 39.0. The van der Waals surface area contributed by atoms with Crippen LogP contribution in [0.15, 0.2) is 0 Å². The molecule has 0 saturated heterocycles. The van der Waals surface area contributed by atoms with E-state index in [-0.39, 0.29) is 125 Å². The van der Waals surface area contributed by atoms with Crippen LogP contribution in [-0.4, -0.2) is 74.2 Å². The Labute approximate surface area is 204 Å². The zero-order valence-electron chi connectivity index (χ0n) is 11.4. The number of hydrogen-bond acceptors (Lipinski definition) is 9. The largest absolute Gasteiger partial charge is 1.00 e. The summed E-state index contributed by atoms with van der Waals surface area (Å²) in [5, 5.41) is 35.9. The van der Waals surface area contributed by atoms with Gasteiger partial charge < -0.3 is 60.5 Å². The Balaban J connectivity index is -0.000000112. The van der Waals surface area contributed by atoms with Crippen molar-refractivity contribution in [2.75, 3.05) is 6.61 Å². The number of aliphatic hydroxyl groups excluding tert-OH is 4. The van der Waals surface area contributed by atoms with E-state index in [2.05, 4.69) is 4.52 Å². The molecule has 0 heterocycles. The van der Waals surface area contributed by atoms with Crippen LogP contribution in [0, 0.1) is 0 Å². The minimum Gasteiger partial charge on any atom is -0.790 e. The number of phosphoric acid groups is 1. The van der Waals surface area contributed by atoms with Gasteiger partial charge in [-0.15, -0.1) is 0 Å². The summed E-state index contributed by atoms with van der Waals surface area (Å²) >= 11 is 0. The zero-order valence-corrected chi connectivity index (χ0v) is 18.5. The monoisotopic (exact) mass is 390 g/mol. The van der Waals surface area contributed by atoms with Crippen LogP contribution in [0.4, 0.5) is 0 Å². The molecule has 0 rings (SSSR count). The minimum absolute atomic E-state index is 0. The first-order valence-electron chi connectivity index (χ1n) is 4.03. The molecule has 0 bridgehead atoms. The van der Waals surface area contributed by atoms with E-state index in [1.807, 2.05) is 0 Å².